The summed E-state index contributed by atoms with van der Waals surface area (Å²) >= 11 is 0. The van der Waals surface area contributed by atoms with Gasteiger partial charge in [-0.05, 0) is 54.8 Å². The maximum Gasteiger partial charge on any atom is 0.407 e. The molecule has 0 spiro atoms. The molecule has 0 radical (unpaired) electrons. The Morgan fingerprint density at radius 2 is 1.75 bits per heavy atom. The molecule has 3 heterocycles. The summed E-state index contributed by atoms with van der Waals surface area (Å²) in [5.41, 5.74) is 4.64. The fourth-order valence-electron chi connectivity index (χ4n) is 4.09. The quantitative estimate of drug-likeness (QED) is 0.464. The van der Waals surface area contributed by atoms with Crippen LogP contribution in [0.3, 0.4) is 0 Å². The van der Waals surface area contributed by atoms with E-state index in [0.717, 1.165) is 46.8 Å². The van der Waals surface area contributed by atoms with Crippen LogP contribution in [0.15, 0.2) is 66.7 Å². The number of rotatable bonds is 5. The molecule has 1 aliphatic rings. The number of pyridine rings is 1. The molecule has 2 aromatic heterocycles. The number of benzene rings is 2. The number of imidazole rings is 1. The van der Waals surface area contributed by atoms with Crippen molar-refractivity contribution in [2.45, 2.75) is 25.4 Å². The van der Waals surface area contributed by atoms with Crippen LogP contribution in [0.1, 0.15) is 30.0 Å². The fourth-order valence-corrected chi connectivity index (χ4v) is 4.09. The van der Waals surface area contributed by atoms with E-state index in [4.69, 9.17) is 19.8 Å². The van der Waals surface area contributed by atoms with Crippen LogP contribution in [0.2, 0.25) is 0 Å². The lowest BCUT2D eigenvalue weighted by molar-refractivity contribution is 0.132. The number of amides is 1. The molecule has 4 aromatic rings. The van der Waals surface area contributed by atoms with E-state index in [-0.39, 0.29) is 5.92 Å². The van der Waals surface area contributed by atoms with Crippen LogP contribution in [-0.4, -0.2) is 44.1 Å². The van der Waals surface area contributed by atoms with Gasteiger partial charge in [0.1, 0.15) is 18.2 Å². The van der Waals surface area contributed by atoms with Crippen molar-refractivity contribution >= 4 is 17.3 Å². The Bertz CT molecular complexity index is 1210. The molecule has 0 aliphatic carbocycles. The number of fused-ring (bicyclic) bond motifs is 1. The number of ether oxygens (including phenoxy) is 1. The Balaban J connectivity index is 1.28. The molecular weight excluding hydrogens is 404 g/mol. The van der Waals surface area contributed by atoms with Gasteiger partial charge < -0.3 is 19.7 Å². The second-order valence-corrected chi connectivity index (χ2v) is 8.04. The van der Waals surface area contributed by atoms with Crippen molar-refractivity contribution in [1.82, 2.24) is 19.9 Å². The highest BCUT2D eigenvalue weighted by Gasteiger charge is 2.24. The Morgan fingerprint density at radius 3 is 2.47 bits per heavy atom. The molecule has 162 valence electrons. The largest absolute Gasteiger partial charge is 0.489 e. The van der Waals surface area contributed by atoms with Crippen LogP contribution in [0.5, 0.6) is 5.75 Å². The van der Waals surface area contributed by atoms with Crippen molar-refractivity contribution in [3.05, 3.63) is 78.0 Å². The molecular formula is C25H24N4O3. The Morgan fingerprint density at radius 1 is 1.00 bits per heavy atom. The van der Waals surface area contributed by atoms with Gasteiger partial charge in [-0.25, -0.2) is 14.8 Å². The fraction of sp³-hybridized carbons (Fsp3) is 0.240. The molecule has 7 heteroatoms. The molecule has 5 rings (SSSR count). The third-order valence-electron chi connectivity index (χ3n) is 5.93. The van der Waals surface area contributed by atoms with E-state index < -0.39 is 6.09 Å². The van der Waals surface area contributed by atoms with E-state index in [1.54, 1.807) is 0 Å². The van der Waals surface area contributed by atoms with Gasteiger partial charge >= 0.3 is 6.09 Å². The molecule has 1 amide bonds. The molecule has 0 atom stereocenters. The number of hydrogen-bond acceptors (Lipinski definition) is 4. The minimum Gasteiger partial charge on any atom is -0.489 e. The normalized spacial score (nSPS) is 14.6. The molecule has 7 nitrogen and oxygen atoms in total. The summed E-state index contributed by atoms with van der Waals surface area (Å²) in [6, 6.07) is 22.0. The van der Waals surface area contributed by atoms with Crippen LogP contribution in [0.4, 0.5) is 4.79 Å². The molecule has 2 aromatic carbocycles. The number of piperidine rings is 1. The first-order chi connectivity index (χ1) is 15.7. The van der Waals surface area contributed by atoms with E-state index in [9.17, 15) is 4.79 Å². The van der Waals surface area contributed by atoms with Gasteiger partial charge in [-0.2, -0.15) is 0 Å². The second-order valence-electron chi connectivity index (χ2n) is 8.04. The van der Waals surface area contributed by atoms with Crippen LogP contribution in [0, 0.1) is 0 Å². The zero-order chi connectivity index (χ0) is 21.9. The van der Waals surface area contributed by atoms with Crippen molar-refractivity contribution < 1.29 is 14.6 Å². The van der Waals surface area contributed by atoms with Crippen molar-refractivity contribution in [1.29, 1.82) is 0 Å². The molecule has 32 heavy (non-hydrogen) atoms. The number of H-pyrrole nitrogens is 1. The summed E-state index contributed by atoms with van der Waals surface area (Å²) in [7, 11) is 0. The lowest BCUT2D eigenvalue weighted by atomic mass is 9.93. The van der Waals surface area contributed by atoms with Crippen molar-refractivity contribution in [3.8, 4) is 17.1 Å². The first-order valence-electron chi connectivity index (χ1n) is 10.8. The summed E-state index contributed by atoms with van der Waals surface area (Å²) in [6.07, 6.45) is 0.722. The first kappa shape index (κ1) is 20.1. The van der Waals surface area contributed by atoms with Crippen LogP contribution >= 0.6 is 0 Å². The Kier molecular flexibility index (Phi) is 5.46. The summed E-state index contributed by atoms with van der Waals surface area (Å²) in [5, 5.41) is 9.14. The minimum atomic E-state index is -0.847. The molecule has 0 bridgehead atoms. The van der Waals surface area contributed by atoms with E-state index in [1.807, 2.05) is 66.7 Å². The first-order valence-corrected chi connectivity index (χ1v) is 10.8. The molecule has 0 saturated carbocycles. The van der Waals surface area contributed by atoms with Gasteiger partial charge in [0, 0.05) is 30.3 Å². The predicted molar refractivity (Wildman–Crippen MR) is 122 cm³/mol. The standard InChI is InChI=1S/C25H24N4O3/c30-25(31)29-14-12-18(13-15-29)21-10-11-22-24(26-21)28-23(27-22)19-6-8-20(9-7-19)32-16-17-4-2-1-3-5-17/h1-11,18H,12-16H2,(H,30,31)(H,26,27,28). The van der Waals surface area contributed by atoms with Gasteiger partial charge in [0.05, 0.1) is 5.52 Å². The Labute approximate surface area is 185 Å². The van der Waals surface area contributed by atoms with E-state index >= 15 is 0 Å². The molecule has 0 unspecified atom stereocenters. The Hall–Kier alpha value is -3.87. The van der Waals surface area contributed by atoms with Crippen LogP contribution in [-0.2, 0) is 6.61 Å². The number of nitrogens with one attached hydrogen (secondary N) is 1. The SMILES string of the molecule is O=C(O)N1CCC(c2ccc3[nH]c(-c4ccc(OCc5ccccc5)cc4)nc3n2)CC1. The molecule has 2 N–H and O–H groups in total. The number of aromatic nitrogens is 3. The van der Waals surface area contributed by atoms with Crippen molar-refractivity contribution in [2.24, 2.45) is 0 Å². The number of aromatic amines is 1. The maximum absolute atomic E-state index is 11.1. The van der Waals surface area contributed by atoms with Crippen LogP contribution in [0.25, 0.3) is 22.6 Å². The van der Waals surface area contributed by atoms with Crippen molar-refractivity contribution in [2.75, 3.05) is 13.1 Å². The lowest BCUT2D eigenvalue weighted by Gasteiger charge is -2.29. The van der Waals surface area contributed by atoms with Crippen molar-refractivity contribution in [3.63, 3.8) is 0 Å². The highest BCUT2D eigenvalue weighted by Crippen LogP contribution is 2.29. The summed E-state index contributed by atoms with van der Waals surface area (Å²) in [5.74, 6) is 1.83. The average molecular weight is 428 g/mol. The number of likely N-dealkylation sites (tertiary alicyclic amines) is 1. The number of carboxylic acid groups (broad SMARTS) is 1. The maximum atomic E-state index is 11.1. The highest BCUT2D eigenvalue weighted by atomic mass is 16.5. The van der Waals surface area contributed by atoms with Gasteiger partial charge in [0.2, 0.25) is 0 Å². The summed E-state index contributed by atoms with van der Waals surface area (Å²) < 4.78 is 5.86. The van der Waals surface area contributed by atoms with E-state index in [0.29, 0.717) is 25.3 Å². The van der Waals surface area contributed by atoms with Gasteiger partial charge in [0.15, 0.2) is 5.65 Å². The molecule has 1 aliphatic heterocycles. The average Bonchev–Trinajstić information content (AvgIpc) is 3.27. The zero-order valence-electron chi connectivity index (χ0n) is 17.6. The van der Waals surface area contributed by atoms with E-state index in [2.05, 4.69) is 4.98 Å². The van der Waals surface area contributed by atoms with Gasteiger partial charge in [-0.1, -0.05) is 30.3 Å². The molecule has 1 saturated heterocycles. The number of hydrogen-bond donors (Lipinski definition) is 2. The molecule has 1 fully saturated rings. The van der Waals surface area contributed by atoms with Gasteiger partial charge in [-0.3, -0.25) is 0 Å². The third-order valence-corrected chi connectivity index (χ3v) is 5.93. The predicted octanol–water partition coefficient (Wildman–Crippen LogP) is 5.06. The van der Waals surface area contributed by atoms with E-state index in [1.165, 1.54) is 4.90 Å². The van der Waals surface area contributed by atoms with Crippen LogP contribution < -0.4 is 4.74 Å². The van der Waals surface area contributed by atoms with Gasteiger partial charge in [0.25, 0.3) is 0 Å². The second kappa shape index (κ2) is 8.70. The monoisotopic (exact) mass is 428 g/mol. The smallest absolute Gasteiger partial charge is 0.407 e. The zero-order valence-corrected chi connectivity index (χ0v) is 17.6. The number of carbonyl (C=O) groups is 1. The number of nitrogens with zero attached hydrogens (tertiary/aromatic N) is 3. The topological polar surface area (TPSA) is 91.3 Å². The third kappa shape index (κ3) is 4.27. The summed E-state index contributed by atoms with van der Waals surface area (Å²) in [4.78, 5) is 25.4. The summed E-state index contributed by atoms with van der Waals surface area (Å²) in [6.45, 7) is 1.62. The highest BCUT2D eigenvalue weighted by molar-refractivity contribution is 5.76. The van der Waals surface area contributed by atoms with Gasteiger partial charge in [-0.15, -0.1) is 0 Å². The minimum absolute atomic E-state index is 0.260. The lowest BCUT2D eigenvalue weighted by Crippen LogP contribution is -2.36.